The van der Waals surface area contributed by atoms with Gasteiger partial charge in [-0.15, -0.1) is 0 Å². The van der Waals surface area contributed by atoms with Gasteiger partial charge in [-0.3, -0.25) is 4.79 Å². The molecular formula is C27H25F3N4O2. The second-order valence-corrected chi connectivity index (χ2v) is 8.80. The Bertz CT molecular complexity index is 1380. The molecule has 2 unspecified atom stereocenters. The third-order valence-electron chi connectivity index (χ3n) is 6.51. The zero-order valence-electron chi connectivity index (χ0n) is 19.5. The summed E-state index contributed by atoms with van der Waals surface area (Å²) >= 11 is 0. The number of rotatable bonds is 6. The lowest BCUT2D eigenvalue weighted by Gasteiger charge is -2.34. The van der Waals surface area contributed by atoms with Crippen molar-refractivity contribution in [3.63, 3.8) is 0 Å². The molecule has 6 nitrogen and oxygen atoms in total. The molecule has 1 aliphatic heterocycles. The van der Waals surface area contributed by atoms with Crippen LogP contribution >= 0.6 is 0 Å². The van der Waals surface area contributed by atoms with Crippen molar-refractivity contribution in [2.24, 2.45) is 0 Å². The van der Waals surface area contributed by atoms with Gasteiger partial charge in [0, 0.05) is 13.0 Å². The van der Waals surface area contributed by atoms with Gasteiger partial charge < -0.3 is 15.4 Å². The molecule has 9 heteroatoms. The zero-order chi connectivity index (χ0) is 25.3. The fourth-order valence-electron chi connectivity index (χ4n) is 4.59. The lowest BCUT2D eigenvalue weighted by Crippen LogP contribution is -2.36. The van der Waals surface area contributed by atoms with Crippen molar-refractivity contribution in [2.45, 2.75) is 31.1 Å². The van der Waals surface area contributed by atoms with E-state index in [1.54, 1.807) is 24.3 Å². The number of amides is 1. The van der Waals surface area contributed by atoms with E-state index in [4.69, 9.17) is 4.74 Å². The summed E-state index contributed by atoms with van der Waals surface area (Å²) in [6, 6.07) is 18.5. The Labute approximate surface area is 206 Å². The molecule has 0 aliphatic carbocycles. The minimum atomic E-state index is -4.52. The van der Waals surface area contributed by atoms with Crippen LogP contribution in [0.4, 0.5) is 19.0 Å². The SMILES string of the molecule is COc1ccc(C2CC(C(F)(F)F)n3ncc(C(=O)NCCc4ccc5ccccc5c4)c3N2)cc1. The maximum absolute atomic E-state index is 13.9. The minimum Gasteiger partial charge on any atom is -0.497 e. The minimum absolute atomic E-state index is 0.0626. The molecule has 36 heavy (non-hydrogen) atoms. The van der Waals surface area contributed by atoms with Crippen molar-refractivity contribution in [3.8, 4) is 5.75 Å². The highest BCUT2D eigenvalue weighted by molar-refractivity contribution is 5.99. The summed E-state index contributed by atoms with van der Waals surface area (Å²) in [5, 5.41) is 12.1. The molecule has 1 aliphatic rings. The summed E-state index contributed by atoms with van der Waals surface area (Å²) in [4.78, 5) is 13.0. The van der Waals surface area contributed by atoms with Crippen LogP contribution in [0.3, 0.4) is 0 Å². The van der Waals surface area contributed by atoms with Crippen LogP contribution in [-0.4, -0.2) is 35.5 Å². The van der Waals surface area contributed by atoms with Crippen molar-refractivity contribution in [2.75, 3.05) is 19.0 Å². The third-order valence-corrected chi connectivity index (χ3v) is 6.51. The fourth-order valence-corrected chi connectivity index (χ4v) is 4.59. The number of carbonyl (C=O) groups is 1. The molecule has 3 aromatic carbocycles. The molecule has 2 heterocycles. The summed E-state index contributed by atoms with van der Waals surface area (Å²) in [5.41, 5.74) is 1.81. The number of alkyl halides is 3. The first kappa shape index (κ1) is 23.7. The van der Waals surface area contributed by atoms with E-state index >= 15 is 0 Å². The molecule has 4 aromatic rings. The lowest BCUT2D eigenvalue weighted by molar-refractivity contribution is -0.173. The van der Waals surface area contributed by atoms with Crippen molar-refractivity contribution < 1.29 is 22.7 Å². The van der Waals surface area contributed by atoms with Crippen molar-refractivity contribution in [3.05, 3.63) is 89.6 Å². The normalized spacial score (nSPS) is 17.3. The highest BCUT2D eigenvalue weighted by atomic mass is 19.4. The zero-order valence-corrected chi connectivity index (χ0v) is 19.5. The van der Waals surface area contributed by atoms with Gasteiger partial charge in [-0.2, -0.15) is 18.3 Å². The largest absolute Gasteiger partial charge is 0.497 e. The van der Waals surface area contributed by atoms with Gasteiger partial charge in [-0.1, -0.05) is 54.6 Å². The number of anilines is 1. The topological polar surface area (TPSA) is 68.2 Å². The molecule has 0 saturated carbocycles. The van der Waals surface area contributed by atoms with E-state index in [-0.39, 0.29) is 17.8 Å². The van der Waals surface area contributed by atoms with Gasteiger partial charge in [0.2, 0.25) is 0 Å². The van der Waals surface area contributed by atoms with Crippen LogP contribution in [0.25, 0.3) is 10.8 Å². The Kier molecular flexibility index (Phi) is 6.30. The van der Waals surface area contributed by atoms with E-state index in [9.17, 15) is 18.0 Å². The number of nitrogens with one attached hydrogen (secondary N) is 2. The molecule has 2 atom stereocenters. The number of ether oxygens (including phenoxy) is 1. The standard InChI is InChI=1S/C27H25F3N4O2/c1-36-21-10-8-19(9-11-21)23-15-24(27(28,29)30)34-25(33-23)22(16-32-34)26(35)31-13-12-17-6-7-18-4-2-3-5-20(18)14-17/h2-11,14,16,23-24,33H,12-13,15H2,1H3,(H,31,35). The van der Waals surface area contributed by atoms with Crippen molar-refractivity contribution >= 4 is 22.5 Å². The van der Waals surface area contributed by atoms with Crippen LogP contribution in [0.2, 0.25) is 0 Å². The maximum atomic E-state index is 13.9. The molecule has 2 N–H and O–H groups in total. The number of hydrogen-bond donors (Lipinski definition) is 2. The first-order valence-electron chi connectivity index (χ1n) is 11.6. The summed E-state index contributed by atoms with van der Waals surface area (Å²) in [7, 11) is 1.52. The Balaban J connectivity index is 1.33. The summed E-state index contributed by atoms with van der Waals surface area (Å²) in [5.74, 6) is 0.201. The van der Waals surface area contributed by atoms with Crippen LogP contribution in [-0.2, 0) is 6.42 Å². The quantitative estimate of drug-likeness (QED) is 0.362. The highest BCUT2D eigenvalue weighted by Crippen LogP contribution is 2.44. The average Bonchev–Trinajstić information content (AvgIpc) is 3.31. The van der Waals surface area contributed by atoms with Crippen molar-refractivity contribution in [1.29, 1.82) is 0 Å². The number of hydrogen-bond acceptors (Lipinski definition) is 4. The van der Waals surface area contributed by atoms with Gasteiger partial charge in [0.25, 0.3) is 5.91 Å². The summed E-state index contributed by atoms with van der Waals surface area (Å²) in [6.45, 7) is 0.340. The first-order chi connectivity index (χ1) is 17.3. The Hall–Kier alpha value is -4.01. The van der Waals surface area contributed by atoms with Gasteiger partial charge >= 0.3 is 6.18 Å². The Morgan fingerprint density at radius 3 is 2.58 bits per heavy atom. The van der Waals surface area contributed by atoms with E-state index in [1.165, 1.54) is 13.3 Å². The molecule has 0 bridgehead atoms. The van der Waals surface area contributed by atoms with Gasteiger partial charge in [0.1, 0.15) is 17.1 Å². The van der Waals surface area contributed by atoms with Gasteiger partial charge in [0.15, 0.2) is 6.04 Å². The predicted molar refractivity (Wildman–Crippen MR) is 131 cm³/mol. The first-order valence-corrected chi connectivity index (χ1v) is 11.6. The maximum Gasteiger partial charge on any atom is 0.410 e. The molecule has 0 spiro atoms. The van der Waals surface area contributed by atoms with Gasteiger partial charge in [-0.25, -0.2) is 4.68 Å². The number of benzene rings is 3. The number of nitrogens with zero attached hydrogens (tertiary/aromatic N) is 2. The molecule has 5 rings (SSSR count). The molecule has 186 valence electrons. The van der Waals surface area contributed by atoms with Gasteiger partial charge in [0.05, 0.1) is 19.3 Å². The fraction of sp³-hybridized carbons (Fsp3) is 0.259. The Morgan fingerprint density at radius 2 is 1.86 bits per heavy atom. The van der Waals surface area contributed by atoms with E-state index in [1.807, 2.05) is 36.4 Å². The molecular weight excluding hydrogens is 469 g/mol. The Morgan fingerprint density at radius 1 is 1.11 bits per heavy atom. The van der Waals surface area contributed by atoms with Crippen LogP contribution in [0.15, 0.2) is 72.9 Å². The molecule has 0 radical (unpaired) electrons. The van der Waals surface area contributed by atoms with E-state index in [0.29, 0.717) is 24.3 Å². The summed E-state index contributed by atoms with van der Waals surface area (Å²) in [6.07, 6.45) is -2.97. The monoisotopic (exact) mass is 494 g/mol. The number of fused-ring (bicyclic) bond motifs is 2. The molecule has 1 aromatic heterocycles. The van der Waals surface area contributed by atoms with Crippen LogP contribution in [0.5, 0.6) is 5.75 Å². The van der Waals surface area contributed by atoms with E-state index in [2.05, 4.69) is 21.8 Å². The molecule has 1 amide bonds. The number of methoxy groups -OCH3 is 1. The second kappa shape index (κ2) is 9.56. The molecule has 0 fully saturated rings. The van der Waals surface area contributed by atoms with Gasteiger partial charge in [-0.05, 0) is 40.5 Å². The average molecular weight is 495 g/mol. The lowest BCUT2D eigenvalue weighted by atomic mass is 9.96. The van der Waals surface area contributed by atoms with E-state index < -0.39 is 24.2 Å². The third kappa shape index (κ3) is 4.73. The second-order valence-electron chi connectivity index (χ2n) is 8.80. The number of aromatic nitrogens is 2. The highest BCUT2D eigenvalue weighted by Gasteiger charge is 2.47. The van der Waals surface area contributed by atoms with Crippen LogP contribution in [0.1, 0.15) is 40.0 Å². The predicted octanol–water partition coefficient (Wildman–Crippen LogP) is 5.68. The van der Waals surface area contributed by atoms with E-state index in [0.717, 1.165) is 21.0 Å². The van der Waals surface area contributed by atoms with Crippen molar-refractivity contribution in [1.82, 2.24) is 15.1 Å². The smallest absolute Gasteiger partial charge is 0.410 e. The summed E-state index contributed by atoms with van der Waals surface area (Å²) < 4.78 is 47.8. The number of halogens is 3. The number of carbonyl (C=O) groups excluding carboxylic acids is 1. The van der Waals surface area contributed by atoms with Crippen LogP contribution in [0, 0.1) is 0 Å². The van der Waals surface area contributed by atoms with Crippen LogP contribution < -0.4 is 15.4 Å². The molecule has 0 saturated heterocycles.